The summed E-state index contributed by atoms with van der Waals surface area (Å²) in [6.07, 6.45) is 1.64. The monoisotopic (exact) mass is 240 g/mol. The smallest absolute Gasteiger partial charge is 0.235 e. The summed E-state index contributed by atoms with van der Waals surface area (Å²) in [4.78, 5) is 13.9. The second-order valence-electron chi connectivity index (χ2n) is 4.33. The molecule has 2 heterocycles. The van der Waals surface area contributed by atoms with Crippen molar-refractivity contribution >= 4 is 17.7 Å². The van der Waals surface area contributed by atoms with Gasteiger partial charge in [0.2, 0.25) is 5.91 Å². The van der Waals surface area contributed by atoms with Crippen LogP contribution in [0.1, 0.15) is 13.8 Å². The Morgan fingerprint density at radius 2 is 2.31 bits per heavy atom. The molecule has 1 amide bonds. The molecule has 6 heteroatoms. The van der Waals surface area contributed by atoms with Crippen molar-refractivity contribution in [2.75, 3.05) is 13.1 Å². The minimum Gasteiger partial charge on any atom is -0.341 e. The molecule has 1 fully saturated rings. The Hall–Kier alpha value is -1.04. The average molecular weight is 240 g/mol. The molecule has 1 aromatic heterocycles. The molecule has 0 bridgehead atoms. The van der Waals surface area contributed by atoms with Gasteiger partial charge in [0.05, 0.1) is 5.25 Å². The van der Waals surface area contributed by atoms with Crippen molar-refractivity contribution in [3.05, 3.63) is 6.33 Å². The van der Waals surface area contributed by atoms with E-state index in [2.05, 4.69) is 17.1 Å². The average Bonchev–Trinajstić information content (AvgIpc) is 2.59. The van der Waals surface area contributed by atoms with Gasteiger partial charge in [-0.3, -0.25) is 4.79 Å². The highest BCUT2D eigenvalue weighted by Crippen LogP contribution is 2.24. The minimum absolute atomic E-state index is 0.0876. The first-order valence-corrected chi connectivity index (χ1v) is 6.25. The molecular weight excluding hydrogens is 224 g/mol. The van der Waals surface area contributed by atoms with Gasteiger partial charge in [-0.2, -0.15) is 0 Å². The van der Waals surface area contributed by atoms with Gasteiger partial charge in [-0.1, -0.05) is 18.7 Å². The number of hydrogen-bond donors (Lipinski definition) is 0. The van der Waals surface area contributed by atoms with E-state index < -0.39 is 0 Å². The lowest BCUT2D eigenvalue weighted by atomic mass is 10.0. The van der Waals surface area contributed by atoms with Crippen LogP contribution in [-0.4, -0.2) is 43.9 Å². The van der Waals surface area contributed by atoms with Gasteiger partial charge in [-0.25, -0.2) is 0 Å². The number of aryl methyl sites for hydroxylation is 1. The van der Waals surface area contributed by atoms with E-state index >= 15 is 0 Å². The number of carbonyl (C=O) groups excluding carboxylic acids is 1. The molecule has 1 saturated heterocycles. The Kier molecular flexibility index (Phi) is 3.18. The number of nitrogens with zero attached hydrogens (tertiary/aromatic N) is 4. The van der Waals surface area contributed by atoms with Gasteiger partial charge >= 0.3 is 0 Å². The molecule has 1 atom stereocenters. The number of aromatic nitrogens is 3. The molecule has 0 N–H and O–H groups in total. The number of likely N-dealkylation sites (tertiary alicyclic amines) is 1. The Morgan fingerprint density at radius 1 is 1.62 bits per heavy atom. The Balaban J connectivity index is 1.91. The Labute approximate surface area is 99.2 Å². The molecule has 0 aromatic carbocycles. The van der Waals surface area contributed by atoms with Crippen LogP contribution < -0.4 is 0 Å². The second kappa shape index (κ2) is 4.45. The highest BCUT2D eigenvalue weighted by Gasteiger charge is 2.30. The lowest BCUT2D eigenvalue weighted by molar-refractivity contribution is -0.136. The summed E-state index contributed by atoms with van der Waals surface area (Å²) in [5.41, 5.74) is 0. The van der Waals surface area contributed by atoms with E-state index in [1.807, 2.05) is 23.4 Å². The fourth-order valence-corrected chi connectivity index (χ4v) is 2.60. The third kappa shape index (κ3) is 2.21. The highest BCUT2D eigenvalue weighted by molar-refractivity contribution is 8.00. The molecule has 2 rings (SSSR count). The van der Waals surface area contributed by atoms with Gasteiger partial charge < -0.3 is 9.47 Å². The summed E-state index contributed by atoms with van der Waals surface area (Å²) in [5, 5.41) is 8.45. The molecule has 1 unspecified atom stereocenters. The van der Waals surface area contributed by atoms with Gasteiger partial charge in [0, 0.05) is 20.1 Å². The van der Waals surface area contributed by atoms with Crippen LogP contribution in [0.15, 0.2) is 11.5 Å². The Morgan fingerprint density at radius 3 is 2.81 bits per heavy atom. The summed E-state index contributed by atoms with van der Waals surface area (Å²) < 4.78 is 1.83. The molecule has 0 aliphatic carbocycles. The lowest BCUT2D eigenvalue weighted by Gasteiger charge is -2.38. The van der Waals surface area contributed by atoms with E-state index in [-0.39, 0.29) is 11.2 Å². The second-order valence-corrected chi connectivity index (χ2v) is 5.64. The van der Waals surface area contributed by atoms with Crippen LogP contribution >= 0.6 is 11.8 Å². The molecule has 0 saturated carbocycles. The standard InChI is InChI=1S/C10H16N4OS/c1-7-4-14(5-7)9(15)8(2)16-10-12-11-6-13(10)3/h6-8H,4-5H2,1-3H3. The molecule has 0 radical (unpaired) electrons. The van der Waals surface area contributed by atoms with E-state index in [4.69, 9.17) is 0 Å². The van der Waals surface area contributed by atoms with E-state index in [0.717, 1.165) is 18.2 Å². The topological polar surface area (TPSA) is 51.0 Å². The number of rotatable bonds is 3. The highest BCUT2D eigenvalue weighted by atomic mass is 32.2. The third-order valence-corrected chi connectivity index (χ3v) is 3.81. The summed E-state index contributed by atoms with van der Waals surface area (Å²) in [7, 11) is 1.88. The van der Waals surface area contributed by atoms with Crippen LogP contribution in [0.4, 0.5) is 0 Å². The van der Waals surface area contributed by atoms with Crippen LogP contribution in [-0.2, 0) is 11.8 Å². The van der Waals surface area contributed by atoms with Crippen molar-refractivity contribution in [1.29, 1.82) is 0 Å². The maximum atomic E-state index is 12.0. The zero-order chi connectivity index (χ0) is 11.7. The summed E-state index contributed by atoms with van der Waals surface area (Å²) in [6, 6.07) is 0. The Bertz CT molecular complexity index is 386. The van der Waals surface area contributed by atoms with Crippen LogP contribution in [0.2, 0.25) is 0 Å². The maximum Gasteiger partial charge on any atom is 0.235 e. The zero-order valence-electron chi connectivity index (χ0n) is 9.75. The molecule has 16 heavy (non-hydrogen) atoms. The predicted octanol–water partition coefficient (Wildman–Crippen LogP) is 0.774. The largest absolute Gasteiger partial charge is 0.341 e. The van der Waals surface area contributed by atoms with Gasteiger partial charge in [-0.05, 0) is 12.8 Å². The van der Waals surface area contributed by atoms with Crippen molar-refractivity contribution in [3.8, 4) is 0 Å². The van der Waals surface area contributed by atoms with Gasteiger partial charge in [-0.15, -0.1) is 10.2 Å². The van der Waals surface area contributed by atoms with E-state index in [9.17, 15) is 4.79 Å². The van der Waals surface area contributed by atoms with Crippen LogP contribution in [0, 0.1) is 5.92 Å². The van der Waals surface area contributed by atoms with Crippen molar-refractivity contribution in [2.45, 2.75) is 24.3 Å². The van der Waals surface area contributed by atoms with Crippen molar-refractivity contribution in [1.82, 2.24) is 19.7 Å². The normalized spacial score (nSPS) is 18.3. The first-order valence-electron chi connectivity index (χ1n) is 5.37. The quantitative estimate of drug-likeness (QED) is 0.732. The number of amides is 1. The molecule has 5 nitrogen and oxygen atoms in total. The van der Waals surface area contributed by atoms with Gasteiger partial charge in [0.25, 0.3) is 0 Å². The first-order chi connectivity index (χ1) is 7.58. The fourth-order valence-electron chi connectivity index (χ4n) is 1.72. The first kappa shape index (κ1) is 11.4. The fraction of sp³-hybridized carbons (Fsp3) is 0.700. The summed E-state index contributed by atoms with van der Waals surface area (Å²) >= 11 is 1.46. The van der Waals surface area contributed by atoms with Crippen molar-refractivity contribution < 1.29 is 4.79 Å². The molecule has 88 valence electrons. The molecule has 1 aromatic rings. The number of thioether (sulfide) groups is 1. The van der Waals surface area contributed by atoms with Crippen molar-refractivity contribution in [3.63, 3.8) is 0 Å². The molecule has 0 spiro atoms. The SMILES string of the molecule is CC1CN(C(=O)C(C)Sc2nncn2C)C1. The van der Waals surface area contributed by atoms with Gasteiger partial charge in [0.1, 0.15) is 6.33 Å². The molecule has 1 aliphatic heterocycles. The number of carbonyl (C=O) groups is 1. The molecule has 1 aliphatic rings. The predicted molar refractivity (Wildman–Crippen MR) is 62.1 cm³/mol. The van der Waals surface area contributed by atoms with Crippen molar-refractivity contribution in [2.24, 2.45) is 13.0 Å². The lowest BCUT2D eigenvalue weighted by Crippen LogP contribution is -2.51. The third-order valence-electron chi connectivity index (χ3n) is 2.68. The van der Waals surface area contributed by atoms with Crippen LogP contribution in [0.25, 0.3) is 0 Å². The van der Waals surface area contributed by atoms with Crippen LogP contribution in [0.3, 0.4) is 0 Å². The zero-order valence-corrected chi connectivity index (χ0v) is 10.6. The number of hydrogen-bond acceptors (Lipinski definition) is 4. The van der Waals surface area contributed by atoms with Gasteiger partial charge in [0.15, 0.2) is 5.16 Å². The summed E-state index contributed by atoms with van der Waals surface area (Å²) in [6.45, 7) is 5.86. The molecular formula is C10H16N4OS. The minimum atomic E-state index is -0.0876. The summed E-state index contributed by atoms with van der Waals surface area (Å²) in [5.74, 6) is 0.849. The van der Waals surface area contributed by atoms with E-state index in [0.29, 0.717) is 5.92 Å². The maximum absolute atomic E-state index is 12.0. The van der Waals surface area contributed by atoms with E-state index in [1.165, 1.54) is 11.8 Å². The van der Waals surface area contributed by atoms with Crippen LogP contribution in [0.5, 0.6) is 0 Å². The van der Waals surface area contributed by atoms with E-state index in [1.54, 1.807) is 6.33 Å².